The highest BCUT2D eigenvalue weighted by Crippen LogP contribution is 2.46. The summed E-state index contributed by atoms with van der Waals surface area (Å²) in [6.07, 6.45) is 1.45. The highest BCUT2D eigenvalue weighted by Gasteiger charge is 2.37. The van der Waals surface area contributed by atoms with Crippen LogP contribution in [0.25, 0.3) is 0 Å². The van der Waals surface area contributed by atoms with Crippen molar-refractivity contribution in [3.8, 4) is 11.5 Å². The average molecular weight is 468 g/mol. The predicted molar refractivity (Wildman–Crippen MR) is 132 cm³/mol. The van der Waals surface area contributed by atoms with Gasteiger partial charge in [0.25, 0.3) is 5.91 Å². The number of carbonyl (C=O) groups excluding carboxylic acids is 1. The Morgan fingerprint density at radius 1 is 1.06 bits per heavy atom. The lowest BCUT2D eigenvalue weighted by Gasteiger charge is -2.42. The molecule has 2 aromatic carbocycles. The maximum atomic E-state index is 12.5. The van der Waals surface area contributed by atoms with Crippen LogP contribution in [0.3, 0.4) is 0 Å². The van der Waals surface area contributed by atoms with Gasteiger partial charge < -0.3 is 20.3 Å². The number of aromatic hydroxyl groups is 1. The zero-order chi connectivity index (χ0) is 24.5. The lowest BCUT2D eigenvalue weighted by Crippen LogP contribution is -2.52. The number of hydrogen-bond acceptors (Lipinski definition) is 6. The zero-order valence-corrected chi connectivity index (χ0v) is 20.6. The van der Waals surface area contributed by atoms with Crippen molar-refractivity contribution >= 4 is 5.91 Å². The first kappa shape index (κ1) is 24.5. The van der Waals surface area contributed by atoms with Crippen molar-refractivity contribution in [2.24, 2.45) is 0 Å². The van der Waals surface area contributed by atoms with Gasteiger partial charge in [0.2, 0.25) is 0 Å². The van der Waals surface area contributed by atoms with Gasteiger partial charge in [-0.1, -0.05) is 45.9 Å². The lowest BCUT2D eigenvalue weighted by molar-refractivity contribution is 0.0761. The van der Waals surface area contributed by atoms with E-state index in [2.05, 4.69) is 50.6 Å². The van der Waals surface area contributed by atoms with Gasteiger partial charge in [0.15, 0.2) is 0 Å². The first-order valence-corrected chi connectivity index (χ1v) is 12.1. The molecule has 1 fully saturated rings. The molecule has 1 aliphatic carbocycles. The minimum atomic E-state index is -0.802. The monoisotopic (exact) mass is 467 g/mol. The van der Waals surface area contributed by atoms with Gasteiger partial charge >= 0.3 is 0 Å². The summed E-state index contributed by atoms with van der Waals surface area (Å²) in [5.74, 6) is -0.113. The second-order valence-corrected chi connectivity index (χ2v) is 10.8. The topological polar surface area (TPSA) is 94.1 Å². The van der Waals surface area contributed by atoms with Crippen molar-refractivity contribution < 1.29 is 19.7 Å². The summed E-state index contributed by atoms with van der Waals surface area (Å²) in [5, 5.41) is 26.3. The quantitative estimate of drug-likeness (QED) is 0.520. The van der Waals surface area contributed by atoms with Crippen LogP contribution in [-0.2, 0) is 10.8 Å². The number of fused-ring (bicyclic) bond motifs is 1. The SMILES string of the molecule is CC1(C)CCC(C)(C)c2cc(C(O)COc3ccc(C(=O)NN4CCNCC4)c(O)c3)ccc21. The normalized spacial score (nSPS) is 20.3. The third kappa shape index (κ3) is 5.22. The Morgan fingerprint density at radius 3 is 2.41 bits per heavy atom. The molecule has 2 aromatic rings. The first-order chi connectivity index (χ1) is 16.1. The van der Waals surface area contributed by atoms with E-state index in [1.807, 2.05) is 11.1 Å². The largest absolute Gasteiger partial charge is 0.507 e. The number of aliphatic hydroxyl groups is 1. The van der Waals surface area contributed by atoms with Gasteiger partial charge in [-0.25, -0.2) is 5.01 Å². The maximum absolute atomic E-state index is 12.5. The van der Waals surface area contributed by atoms with Crippen LogP contribution in [-0.4, -0.2) is 53.9 Å². The Labute approximate surface area is 202 Å². The van der Waals surface area contributed by atoms with Crippen LogP contribution in [0.15, 0.2) is 36.4 Å². The van der Waals surface area contributed by atoms with E-state index in [1.54, 1.807) is 6.07 Å². The molecule has 0 radical (unpaired) electrons. The molecule has 7 nitrogen and oxygen atoms in total. The molecule has 1 heterocycles. The van der Waals surface area contributed by atoms with Crippen molar-refractivity contribution in [2.45, 2.75) is 57.5 Å². The molecule has 1 saturated heterocycles. The fraction of sp³-hybridized carbons (Fsp3) is 0.519. The summed E-state index contributed by atoms with van der Waals surface area (Å²) >= 11 is 0. The van der Waals surface area contributed by atoms with Gasteiger partial charge in [-0.05, 0) is 52.5 Å². The van der Waals surface area contributed by atoms with Gasteiger partial charge in [0, 0.05) is 32.2 Å². The zero-order valence-electron chi connectivity index (χ0n) is 20.6. The van der Waals surface area contributed by atoms with Crippen molar-refractivity contribution in [1.29, 1.82) is 0 Å². The third-order valence-electron chi connectivity index (χ3n) is 7.26. The van der Waals surface area contributed by atoms with E-state index in [1.165, 1.54) is 23.3 Å². The van der Waals surface area contributed by atoms with E-state index in [9.17, 15) is 15.0 Å². The molecule has 7 heteroatoms. The molecular formula is C27H37N3O4. The van der Waals surface area contributed by atoms with Crippen LogP contribution >= 0.6 is 0 Å². The Hall–Kier alpha value is -2.61. The number of amides is 1. The number of phenolic OH excluding ortho intramolecular Hbond substituents is 1. The van der Waals surface area contributed by atoms with Gasteiger partial charge in [-0.3, -0.25) is 10.2 Å². The van der Waals surface area contributed by atoms with Crippen molar-refractivity contribution in [1.82, 2.24) is 15.8 Å². The summed E-state index contributed by atoms with van der Waals surface area (Å²) < 4.78 is 5.76. The van der Waals surface area contributed by atoms with E-state index in [0.717, 1.165) is 31.5 Å². The number of nitrogens with zero attached hydrogens (tertiary/aromatic N) is 1. The number of hydrazine groups is 1. The smallest absolute Gasteiger partial charge is 0.269 e. The molecule has 1 aliphatic heterocycles. The molecule has 0 spiro atoms. The van der Waals surface area contributed by atoms with Gasteiger partial charge in [-0.15, -0.1) is 0 Å². The second kappa shape index (κ2) is 9.56. The number of aliphatic hydroxyl groups excluding tert-OH is 1. The Bertz CT molecular complexity index is 1040. The minimum absolute atomic E-state index is 0.0500. The molecular weight excluding hydrogens is 430 g/mol. The number of rotatable bonds is 6. The number of ether oxygens (including phenoxy) is 1. The maximum Gasteiger partial charge on any atom is 0.269 e. The second-order valence-electron chi connectivity index (χ2n) is 10.8. The summed E-state index contributed by atoms with van der Waals surface area (Å²) in [6.45, 7) is 12.2. The molecule has 1 amide bonds. The van der Waals surface area contributed by atoms with Crippen LogP contribution in [0.5, 0.6) is 11.5 Å². The molecule has 184 valence electrons. The number of nitrogens with one attached hydrogen (secondary N) is 2. The average Bonchev–Trinajstić information content (AvgIpc) is 2.81. The highest BCUT2D eigenvalue weighted by molar-refractivity contribution is 5.96. The third-order valence-corrected chi connectivity index (χ3v) is 7.26. The van der Waals surface area contributed by atoms with Crippen LogP contribution in [0.4, 0.5) is 0 Å². The lowest BCUT2D eigenvalue weighted by atomic mass is 9.63. The molecule has 1 atom stereocenters. The number of benzene rings is 2. The van der Waals surface area contributed by atoms with Gasteiger partial charge in [0.05, 0.1) is 5.56 Å². The molecule has 0 aromatic heterocycles. The Morgan fingerprint density at radius 2 is 1.74 bits per heavy atom. The van der Waals surface area contributed by atoms with E-state index in [4.69, 9.17) is 4.74 Å². The number of phenols is 1. The molecule has 2 aliphatic rings. The number of hydrogen-bond donors (Lipinski definition) is 4. The summed E-state index contributed by atoms with van der Waals surface area (Å²) in [6, 6.07) is 10.8. The van der Waals surface area contributed by atoms with Crippen LogP contribution in [0.2, 0.25) is 0 Å². The summed E-state index contributed by atoms with van der Waals surface area (Å²) in [7, 11) is 0. The van der Waals surface area contributed by atoms with E-state index in [0.29, 0.717) is 18.8 Å². The van der Waals surface area contributed by atoms with Crippen LogP contribution in [0, 0.1) is 0 Å². The van der Waals surface area contributed by atoms with Crippen molar-refractivity contribution in [3.05, 3.63) is 58.7 Å². The minimum Gasteiger partial charge on any atom is -0.507 e. The first-order valence-electron chi connectivity index (χ1n) is 12.1. The van der Waals surface area contributed by atoms with E-state index in [-0.39, 0.29) is 34.7 Å². The number of carbonyl (C=O) groups is 1. The molecule has 34 heavy (non-hydrogen) atoms. The van der Waals surface area contributed by atoms with E-state index < -0.39 is 6.10 Å². The molecule has 4 N–H and O–H groups in total. The van der Waals surface area contributed by atoms with Crippen LogP contribution in [0.1, 0.15) is 73.7 Å². The Kier molecular flexibility index (Phi) is 6.90. The summed E-state index contributed by atoms with van der Waals surface area (Å²) in [5.41, 5.74) is 6.65. The van der Waals surface area contributed by atoms with E-state index >= 15 is 0 Å². The molecule has 0 bridgehead atoms. The highest BCUT2D eigenvalue weighted by atomic mass is 16.5. The van der Waals surface area contributed by atoms with Crippen LogP contribution < -0.4 is 15.5 Å². The predicted octanol–water partition coefficient (Wildman–Crippen LogP) is 3.40. The molecule has 0 saturated carbocycles. The standard InChI is InChI=1S/C27H37N3O4/c1-26(2)9-10-27(3,4)22-15-18(5-8-21(22)26)24(32)17-34-19-6-7-20(23(31)16-19)25(33)29-30-13-11-28-12-14-30/h5-8,15-16,24,28,31-32H,9-14,17H2,1-4H3,(H,29,33). The van der Waals surface area contributed by atoms with Crippen molar-refractivity contribution in [2.75, 3.05) is 32.8 Å². The van der Waals surface area contributed by atoms with Gasteiger partial charge in [0.1, 0.15) is 24.2 Å². The Balaban J connectivity index is 1.41. The summed E-state index contributed by atoms with van der Waals surface area (Å²) in [4.78, 5) is 12.5. The van der Waals surface area contributed by atoms with Gasteiger partial charge in [-0.2, -0.15) is 0 Å². The fourth-order valence-corrected chi connectivity index (χ4v) is 4.86. The number of piperazine rings is 1. The molecule has 4 rings (SSSR count). The fourth-order valence-electron chi connectivity index (χ4n) is 4.86. The van der Waals surface area contributed by atoms with Crippen molar-refractivity contribution in [3.63, 3.8) is 0 Å². The molecule has 1 unspecified atom stereocenters.